The van der Waals surface area contributed by atoms with Gasteiger partial charge in [0.25, 0.3) is 0 Å². The number of halogens is 2. The van der Waals surface area contributed by atoms with Crippen LogP contribution in [0.2, 0.25) is 10.0 Å². The van der Waals surface area contributed by atoms with Gasteiger partial charge in [0, 0.05) is 25.4 Å². The molecule has 0 aromatic heterocycles. The highest BCUT2D eigenvalue weighted by molar-refractivity contribution is 6.42. The highest BCUT2D eigenvalue weighted by Gasteiger charge is 2.30. The van der Waals surface area contributed by atoms with E-state index < -0.39 is 6.04 Å². The van der Waals surface area contributed by atoms with Crippen molar-refractivity contribution in [1.82, 2.24) is 10.2 Å². The van der Waals surface area contributed by atoms with E-state index in [9.17, 15) is 9.59 Å². The van der Waals surface area contributed by atoms with Gasteiger partial charge in [-0.05, 0) is 60.6 Å². The van der Waals surface area contributed by atoms with E-state index in [0.29, 0.717) is 29.3 Å². The Labute approximate surface area is 231 Å². The molecule has 3 rings (SSSR count). The number of carbonyl (C=O) groups is 2. The predicted molar refractivity (Wildman–Crippen MR) is 153 cm³/mol. The Morgan fingerprint density at radius 2 is 1.49 bits per heavy atom. The number of amides is 2. The minimum absolute atomic E-state index is 0.00443. The molecule has 0 heterocycles. The van der Waals surface area contributed by atoms with Crippen molar-refractivity contribution in [1.29, 1.82) is 0 Å². The third kappa shape index (κ3) is 8.62. The molecule has 0 spiro atoms. The van der Waals surface area contributed by atoms with Crippen molar-refractivity contribution in [2.45, 2.75) is 71.5 Å². The normalized spacial score (nSPS) is 12.6. The summed E-state index contributed by atoms with van der Waals surface area (Å²) in [6.45, 7) is 6.38. The molecule has 1 N–H and O–H groups in total. The van der Waals surface area contributed by atoms with E-state index in [1.165, 1.54) is 5.56 Å². The maximum atomic E-state index is 13.8. The molecule has 2 unspecified atom stereocenters. The van der Waals surface area contributed by atoms with Crippen molar-refractivity contribution in [2.75, 3.05) is 0 Å². The maximum absolute atomic E-state index is 13.8. The van der Waals surface area contributed by atoms with Crippen molar-refractivity contribution < 1.29 is 9.59 Å². The quantitative estimate of drug-likeness (QED) is 0.268. The second kappa shape index (κ2) is 14.2. The van der Waals surface area contributed by atoms with Gasteiger partial charge < -0.3 is 10.2 Å². The van der Waals surface area contributed by atoms with Crippen molar-refractivity contribution in [3.8, 4) is 0 Å². The highest BCUT2D eigenvalue weighted by atomic mass is 35.5. The molecule has 0 aliphatic heterocycles. The Balaban J connectivity index is 1.91. The number of aryl methyl sites for hydroxylation is 2. The van der Waals surface area contributed by atoms with Crippen LogP contribution in [-0.2, 0) is 35.4 Å². The number of benzene rings is 3. The molecule has 4 nitrogen and oxygen atoms in total. The van der Waals surface area contributed by atoms with Crippen LogP contribution in [-0.4, -0.2) is 28.8 Å². The number of rotatable bonds is 12. The lowest BCUT2D eigenvalue weighted by atomic mass is 10.0. The fourth-order valence-electron chi connectivity index (χ4n) is 4.17. The van der Waals surface area contributed by atoms with Gasteiger partial charge in [0.1, 0.15) is 6.04 Å². The molecule has 37 heavy (non-hydrogen) atoms. The number of nitrogens with zero attached hydrogens (tertiary/aromatic N) is 1. The zero-order chi connectivity index (χ0) is 26.8. The summed E-state index contributed by atoms with van der Waals surface area (Å²) in [5, 5.41) is 3.97. The van der Waals surface area contributed by atoms with Gasteiger partial charge in [-0.25, -0.2) is 0 Å². The van der Waals surface area contributed by atoms with E-state index in [1.54, 1.807) is 17.0 Å². The first-order valence-corrected chi connectivity index (χ1v) is 13.7. The Morgan fingerprint density at radius 3 is 2.11 bits per heavy atom. The Hall–Kier alpha value is -2.82. The fourth-order valence-corrected chi connectivity index (χ4v) is 4.49. The van der Waals surface area contributed by atoms with Crippen LogP contribution in [0.15, 0.2) is 72.8 Å². The molecule has 6 heteroatoms. The van der Waals surface area contributed by atoms with Crippen LogP contribution in [0.25, 0.3) is 0 Å². The molecule has 196 valence electrons. The Kier molecular flexibility index (Phi) is 11.0. The smallest absolute Gasteiger partial charge is 0.243 e. The maximum Gasteiger partial charge on any atom is 0.243 e. The number of hydrogen-bond donors (Lipinski definition) is 1. The predicted octanol–water partition coefficient (Wildman–Crippen LogP) is 7.04. The minimum Gasteiger partial charge on any atom is -0.352 e. The zero-order valence-electron chi connectivity index (χ0n) is 21.8. The van der Waals surface area contributed by atoms with Crippen molar-refractivity contribution >= 4 is 35.0 Å². The fraction of sp³-hybridized carbons (Fsp3) is 0.355. The first kappa shape index (κ1) is 28.7. The molecule has 2 atom stereocenters. The average Bonchev–Trinajstić information content (AvgIpc) is 2.91. The lowest BCUT2D eigenvalue weighted by Gasteiger charge is -2.32. The monoisotopic (exact) mass is 538 g/mol. The van der Waals surface area contributed by atoms with Gasteiger partial charge in [0.15, 0.2) is 0 Å². The van der Waals surface area contributed by atoms with E-state index in [1.807, 2.05) is 50.2 Å². The van der Waals surface area contributed by atoms with Crippen molar-refractivity contribution in [3.63, 3.8) is 0 Å². The topological polar surface area (TPSA) is 49.4 Å². The second-order valence-electron chi connectivity index (χ2n) is 9.46. The first-order valence-electron chi connectivity index (χ1n) is 13.0. The molecular weight excluding hydrogens is 503 g/mol. The van der Waals surface area contributed by atoms with Crippen LogP contribution in [0.5, 0.6) is 0 Å². The molecule has 0 fully saturated rings. The van der Waals surface area contributed by atoms with Crippen LogP contribution in [0, 0.1) is 0 Å². The van der Waals surface area contributed by atoms with Gasteiger partial charge in [-0.2, -0.15) is 0 Å². The molecule has 0 saturated carbocycles. The molecule has 2 amide bonds. The number of nitrogens with one attached hydrogen (secondary N) is 1. The largest absolute Gasteiger partial charge is 0.352 e. The van der Waals surface area contributed by atoms with E-state index in [4.69, 9.17) is 23.2 Å². The van der Waals surface area contributed by atoms with Gasteiger partial charge >= 0.3 is 0 Å². The van der Waals surface area contributed by atoms with E-state index in [-0.39, 0.29) is 24.4 Å². The van der Waals surface area contributed by atoms with Gasteiger partial charge in [0.2, 0.25) is 11.8 Å². The third-order valence-corrected chi connectivity index (χ3v) is 7.41. The molecular formula is C31H36Cl2N2O2. The summed E-state index contributed by atoms with van der Waals surface area (Å²) in [5.41, 5.74) is 4.18. The summed E-state index contributed by atoms with van der Waals surface area (Å²) in [6.07, 6.45) is 3.10. The average molecular weight is 540 g/mol. The summed E-state index contributed by atoms with van der Waals surface area (Å²) in [7, 11) is 0. The standard InChI is InChI=1S/C31H36Cl2N2O2/c1-4-22(3)34-31(37)29(20-25-9-7-6-8-10-25)35(21-26-15-17-27(32)28(33)19-26)30(36)18-16-24-13-11-23(5-2)12-14-24/h6-15,17,19,22,29H,4-5,16,18,20-21H2,1-3H3,(H,34,37). The van der Waals surface area contributed by atoms with Crippen LogP contribution < -0.4 is 5.32 Å². The molecule has 0 aliphatic rings. The number of carbonyl (C=O) groups excluding carboxylic acids is 2. The summed E-state index contributed by atoms with van der Waals surface area (Å²) < 4.78 is 0. The number of hydrogen-bond acceptors (Lipinski definition) is 2. The SMILES string of the molecule is CCc1ccc(CCC(=O)N(Cc2ccc(Cl)c(Cl)c2)C(Cc2ccccc2)C(=O)NC(C)CC)cc1. The summed E-state index contributed by atoms with van der Waals surface area (Å²) in [4.78, 5) is 29.0. The summed E-state index contributed by atoms with van der Waals surface area (Å²) >= 11 is 12.4. The molecule has 3 aromatic rings. The van der Waals surface area contributed by atoms with Crippen LogP contribution >= 0.6 is 23.2 Å². The molecule has 0 radical (unpaired) electrons. The molecule has 0 saturated heterocycles. The van der Waals surface area contributed by atoms with E-state index in [2.05, 4.69) is 36.5 Å². The van der Waals surface area contributed by atoms with Crippen LogP contribution in [0.4, 0.5) is 0 Å². The molecule has 0 bridgehead atoms. The van der Waals surface area contributed by atoms with Gasteiger partial charge in [-0.15, -0.1) is 0 Å². The Morgan fingerprint density at radius 1 is 0.838 bits per heavy atom. The van der Waals surface area contributed by atoms with Crippen LogP contribution in [0.3, 0.4) is 0 Å². The third-order valence-electron chi connectivity index (χ3n) is 6.67. The van der Waals surface area contributed by atoms with Gasteiger partial charge in [-0.3, -0.25) is 9.59 Å². The first-order chi connectivity index (χ1) is 17.8. The summed E-state index contributed by atoms with van der Waals surface area (Å²) in [5.74, 6) is -0.232. The lowest BCUT2D eigenvalue weighted by molar-refractivity contribution is -0.141. The molecule has 3 aromatic carbocycles. The van der Waals surface area contributed by atoms with Gasteiger partial charge in [0.05, 0.1) is 10.0 Å². The minimum atomic E-state index is -0.666. The van der Waals surface area contributed by atoms with Crippen molar-refractivity contribution in [2.24, 2.45) is 0 Å². The van der Waals surface area contributed by atoms with Gasteiger partial charge in [-0.1, -0.05) is 97.7 Å². The van der Waals surface area contributed by atoms with Crippen molar-refractivity contribution in [3.05, 3.63) is 105 Å². The summed E-state index contributed by atoms with van der Waals surface area (Å²) in [6, 6.07) is 22.8. The second-order valence-corrected chi connectivity index (χ2v) is 10.3. The Bertz CT molecular complexity index is 1170. The van der Waals surface area contributed by atoms with Crippen LogP contribution in [0.1, 0.15) is 55.9 Å². The zero-order valence-corrected chi connectivity index (χ0v) is 23.4. The highest BCUT2D eigenvalue weighted by Crippen LogP contribution is 2.25. The molecule has 0 aliphatic carbocycles. The lowest BCUT2D eigenvalue weighted by Crippen LogP contribution is -2.52. The van der Waals surface area contributed by atoms with E-state index >= 15 is 0 Å². The van der Waals surface area contributed by atoms with E-state index in [0.717, 1.165) is 29.5 Å².